The van der Waals surface area contributed by atoms with Crippen molar-refractivity contribution < 1.29 is 18.1 Å². The van der Waals surface area contributed by atoms with Gasteiger partial charge in [0.15, 0.2) is 0 Å². The fraction of sp³-hybridized carbons (Fsp3) is 0.258. The van der Waals surface area contributed by atoms with Gasteiger partial charge in [0.2, 0.25) is 0 Å². The third-order valence-corrected chi connectivity index (χ3v) is 6.60. The number of pyridine rings is 1. The molecule has 2 heterocycles. The summed E-state index contributed by atoms with van der Waals surface area (Å²) in [6.07, 6.45) is 4.34. The molecule has 2 heteroatoms. The first-order chi connectivity index (χ1) is 20.1. The Labute approximate surface area is 209 Å². The van der Waals surface area contributed by atoms with Crippen LogP contribution in [-0.2, 0) is 0 Å². The Morgan fingerprint density at radius 3 is 2.61 bits per heavy atom. The molecule has 3 aromatic carbocycles. The molecule has 0 unspecified atom stereocenters. The summed E-state index contributed by atoms with van der Waals surface area (Å²) in [5.41, 5.74) is 3.03. The summed E-state index contributed by atoms with van der Waals surface area (Å²) in [5.74, 6) is -0.870. The predicted molar refractivity (Wildman–Crippen MR) is 138 cm³/mol. The minimum atomic E-state index is -2.58. The zero-order valence-electron chi connectivity index (χ0n) is 28.0. The van der Waals surface area contributed by atoms with Crippen LogP contribution in [0, 0.1) is 20.6 Å². The van der Waals surface area contributed by atoms with E-state index < -0.39 is 26.4 Å². The van der Waals surface area contributed by atoms with Gasteiger partial charge in [-0.15, -0.1) is 0 Å². The van der Waals surface area contributed by atoms with E-state index in [9.17, 15) is 0 Å². The lowest BCUT2D eigenvalue weighted by Gasteiger charge is -2.15. The van der Waals surface area contributed by atoms with Crippen molar-refractivity contribution >= 4 is 21.9 Å². The summed E-state index contributed by atoms with van der Waals surface area (Å²) < 4.78 is 88.1. The van der Waals surface area contributed by atoms with Crippen LogP contribution in [0.15, 0.2) is 71.3 Å². The van der Waals surface area contributed by atoms with Gasteiger partial charge in [0.1, 0.15) is 11.2 Å². The number of benzene rings is 3. The van der Waals surface area contributed by atoms with Gasteiger partial charge in [-0.2, -0.15) is 0 Å². The number of hydrogen-bond donors (Lipinski definition) is 0. The van der Waals surface area contributed by atoms with Crippen molar-refractivity contribution in [2.75, 3.05) is 0 Å². The van der Waals surface area contributed by atoms with Crippen LogP contribution in [0.25, 0.3) is 44.3 Å². The molecule has 1 saturated carbocycles. The Morgan fingerprint density at radius 2 is 1.76 bits per heavy atom. The van der Waals surface area contributed by atoms with Crippen molar-refractivity contribution in [2.24, 2.45) is 0 Å². The third-order valence-electron chi connectivity index (χ3n) is 6.60. The molecule has 0 aliphatic heterocycles. The third kappa shape index (κ3) is 3.45. The van der Waals surface area contributed by atoms with Gasteiger partial charge < -0.3 is 4.42 Å². The number of furan rings is 1. The topological polar surface area (TPSA) is 26.0 Å². The highest BCUT2D eigenvalue weighted by Gasteiger charge is 2.19. The SMILES string of the molecule is [2H]C([2H])([2H])c1ccc2oc3c(-c4cc(-c5ccc(C6([2H])CCCC6)cc5C([2H])([2H])[2H])c(C([2H])([2H])[2H])cn4)cccc3c2c1. The average molecular weight is 442 g/mol. The summed E-state index contributed by atoms with van der Waals surface area (Å²) in [7, 11) is 0. The summed E-state index contributed by atoms with van der Waals surface area (Å²) in [5, 5.41) is 1.30. The van der Waals surface area contributed by atoms with Gasteiger partial charge >= 0.3 is 0 Å². The minimum absolute atomic E-state index is 0.00897. The number of hydrogen-bond acceptors (Lipinski definition) is 2. The largest absolute Gasteiger partial charge is 0.455 e. The molecule has 0 N–H and O–H groups in total. The van der Waals surface area contributed by atoms with E-state index in [1.165, 1.54) is 12.3 Å². The molecule has 164 valence electrons. The molecular formula is C31H29NO. The Hall–Kier alpha value is -3.39. The van der Waals surface area contributed by atoms with Crippen molar-refractivity contribution in [2.45, 2.75) is 52.1 Å². The van der Waals surface area contributed by atoms with Gasteiger partial charge in [-0.25, -0.2) is 0 Å². The van der Waals surface area contributed by atoms with Gasteiger partial charge in [0.25, 0.3) is 0 Å². The lowest BCUT2D eigenvalue weighted by atomic mass is 9.90. The average Bonchev–Trinajstić information content (AvgIpc) is 3.55. The molecule has 1 aliphatic carbocycles. The van der Waals surface area contributed by atoms with E-state index in [2.05, 4.69) is 4.98 Å². The summed E-state index contributed by atoms with van der Waals surface area (Å²) in [4.78, 5) is 4.48. The maximum atomic E-state index is 8.93. The Morgan fingerprint density at radius 1 is 0.848 bits per heavy atom. The van der Waals surface area contributed by atoms with Crippen LogP contribution < -0.4 is 0 Å². The Balaban J connectivity index is 1.57. The molecule has 0 bridgehead atoms. The van der Waals surface area contributed by atoms with Crippen molar-refractivity contribution in [1.29, 1.82) is 0 Å². The molecule has 0 radical (unpaired) electrons. The fourth-order valence-corrected chi connectivity index (χ4v) is 4.92. The maximum Gasteiger partial charge on any atom is 0.144 e. The van der Waals surface area contributed by atoms with Gasteiger partial charge in [-0.05, 0) is 91.4 Å². The van der Waals surface area contributed by atoms with Crippen molar-refractivity contribution in [1.82, 2.24) is 4.98 Å². The van der Waals surface area contributed by atoms with Gasteiger partial charge in [0.05, 0.1) is 5.69 Å². The van der Waals surface area contributed by atoms with Crippen LogP contribution in [0.1, 0.15) is 67.5 Å². The smallest absolute Gasteiger partial charge is 0.144 e. The highest BCUT2D eigenvalue weighted by atomic mass is 16.3. The van der Waals surface area contributed by atoms with E-state index in [0.29, 0.717) is 51.6 Å². The van der Waals surface area contributed by atoms with E-state index in [-0.39, 0.29) is 27.8 Å². The molecule has 2 nitrogen and oxygen atoms in total. The van der Waals surface area contributed by atoms with Crippen LogP contribution in [0.3, 0.4) is 0 Å². The van der Waals surface area contributed by atoms with Crippen LogP contribution in [0.4, 0.5) is 0 Å². The first-order valence-corrected chi connectivity index (χ1v) is 11.2. The molecule has 33 heavy (non-hydrogen) atoms. The second-order valence-corrected chi connectivity index (χ2v) is 8.68. The van der Waals surface area contributed by atoms with Crippen molar-refractivity contribution in [3.8, 4) is 22.4 Å². The number of nitrogens with zero attached hydrogens (tertiary/aromatic N) is 1. The van der Waals surface area contributed by atoms with Crippen molar-refractivity contribution in [3.05, 3.63) is 89.1 Å². The normalized spacial score (nSPS) is 21.1. The molecule has 5 aromatic rings. The second-order valence-electron chi connectivity index (χ2n) is 8.68. The van der Waals surface area contributed by atoms with E-state index in [1.54, 1.807) is 48.5 Å². The molecule has 0 atom stereocenters. The van der Waals surface area contributed by atoms with Gasteiger partial charge in [-0.3, -0.25) is 4.98 Å². The monoisotopic (exact) mass is 441 g/mol. The highest BCUT2D eigenvalue weighted by Crippen LogP contribution is 2.39. The molecular weight excluding hydrogens is 402 g/mol. The first-order valence-electron chi connectivity index (χ1n) is 16.2. The predicted octanol–water partition coefficient (Wildman–Crippen LogP) is 8.90. The Kier molecular flexibility index (Phi) is 2.91. The summed E-state index contributed by atoms with van der Waals surface area (Å²) >= 11 is 0. The zero-order chi connectivity index (χ0) is 30.9. The van der Waals surface area contributed by atoms with Gasteiger partial charge in [-0.1, -0.05) is 54.8 Å². The number of rotatable bonds is 3. The first kappa shape index (κ1) is 12.2. The standard InChI is InChI=1S/C31H29NO/c1-19-11-14-30-28(15-19)25-9-6-10-26(31(25)33-30)29-17-27(21(3)18-32-29)24-13-12-23(16-20(24)2)22-7-4-5-8-22/h6,9-18,22H,4-5,7-8H2,1-3H3/i1D3,2D3,3D3,22D. The highest BCUT2D eigenvalue weighted by molar-refractivity contribution is 6.09. The van der Waals surface area contributed by atoms with E-state index in [1.807, 2.05) is 6.07 Å². The van der Waals surface area contributed by atoms with Crippen LogP contribution in [0.5, 0.6) is 0 Å². The molecule has 0 saturated heterocycles. The lowest BCUT2D eigenvalue weighted by Crippen LogP contribution is -1.96. The number of aromatic nitrogens is 1. The second kappa shape index (κ2) is 7.88. The van der Waals surface area contributed by atoms with E-state index >= 15 is 0 Å². The summed E-state index contributed by atoms with van der Waals surface area (Å²) in [6.45, 7) is -7.43. The molecule has 1 fully saturated rings. The number of para-hydroxylation sites is 1. The van der Waals surface area contributed by atoms with Crippen molar-refractivity contribution in [3.63, 3.8) is 0 Å². The molecule has 6 rings (SSSR count). The zero-order valence-corrected chi connectivity index (χ0v) is 18.0. The minimum Gasteiger partial charge on any atom is -0.455 e. The molecule has 0 spiro atoms. The van der Waals surface area contributed by atoms with E-state index in [4.69, 9.17) is 18.1 Å². The molecule has 1 aliphatic rings. The quantitative estimate of drug-likeness (QED) is 0.279. The fourth-order valence-electron chi connectivity index (χ4n) is 4.92. The lowest BCUT2D eigenvalue weighted by molar-refractivity contribution is 0.669. The number of fused-ring (bicyclic) bond motifs is 3. The molecule has 0 amide bonds. The van der Waals surface area contributed by atoms with Crippen LogP contribution in [0.2, 0.25) is 0 Å². The summed E-state index contributed by atoms with van der Waals surface area (Å²) in [6, 6.07) is 16.6. The Bertz CT molecular complexity index is 1860. The number of aryl methyl sites for hydroxylation is 3. The van der Waals surface area contributed by atoms with Crippen LogP contribution >= 0.6 is 0 Å². The van der Waals surface area contributed by atoms with E-state index in [0.717, 1.165) is 12.8 Å². The van der Waals surface area contributed by atoms with Gasteiger partial charge in [0, 0.05) is 36.2 Å². The molecule has 2 aromatic heterocycles. The van der Waals surface area contributed by atoms with Crippen LogP contribution in [-0.4, -0.2) is 4.98 Å². The maximum absolute atomic E-state index is 8.93.